The van der Waals surface area contributed by atoms with E-state index in [4.69, 9.17) is 5.21 Å². The molecule has 0 aliphatic heterocycles. The van der Waals surface area contributed by atoms with E-state index in [0.717, 1.165) is 0 Å². The molecule has 0 bridgehead atoms. The summed E-state index contributed by atoms with van der Waals surface area (Å²) in [5, 5.41) is 8.85. The third kappa shape index (κ3) is 1.00. The molecule has 4 heteroatoms. The van der Waals surface area contributed by atoms with Gasteiger partial charge in [-0.1, -0.05) is 0 Å². The van der Waals surface area contributed by atoms with Crippen molar-refractivity contribution in [2.75, 3.05) is 0 Å². The number of aryl methyl sites for hydroxylation is 2. The van der Waals surface area contributed by atoms with Crippen molar-refractivity contribution in [3.05, 3.63) is 27.9 Å². The molecule has 0 amide bonds. The van der Waals surface area contributed by atoms with Crippen molar-refractivity contribution >= 4 is 0 Å². The topological polar surface area (TPSA) is 55.1 Å². The highest BCUT2D eigenvalue weighted by Gasteiger charge is 1.98. The first-order valence-electron chi connectivity index (χ1n) is 2.87. The molecule has 54 valence electrons. The highest BCUT2D eigenvalue weighted by Crippen LogP contribution is 1.87. The Kier molecular flexibility index (Phi) is 1.45. The average Bonchev–Trinajstić information content (AvgIpc) is 1.82. The summed E-state index contributed by atoms with van der Waals surface area (Å²) >= 11 is 0. The molecule has 1 rings (SSSR count). The van der Waals surface area contributed by atoms with Crippen LogP contribution in [0.5, 0.6) is 0 Å². The molecular weight excluding hydrogens is 132 g/mol. The van der Waals surface area contributed by atoms with Gasteiger partial charge in [-0.15, -0.1) is 0 Å². The van der Waals surface area contributed by atoms with E-state index in [0.29, 0.717) is 16.1 Å². The fraction of sp³-hybridized carbons (Fsp3) is 0.333. The molecule has 10 heavy (non-hydrogen) atoms. The maximum Gasteiger partial charge on any atom is 0.304 e. The maximum atomic E-state index is 10.8. The molecule has 0 radical (unpaired) electrons. The Morgan fingerprint density at radius 2 is 2.20 bits per heavy atom. The largest absolute Gasteiger partial charge is 0.425 e. The van der Waals surface area contributed by atoms with E-state index in [2.05, 4.69) is 4.98 Å². The highest BCUT2D eigenvalue weighted by molar-refractivity contribution is 5.00. The summed E-state index contributed by atoms with van der Waals surface area (Å²) in [5.41, 5.74) is 0.465. The van der Waals surface area contributed by atoms with Crippen LogP contribution in [0.2, 0.25) is 0 Å². The van der Waals surface area contributed by atoms with Crippen LogP contribution in [-0.2, 0) is 0 Å². The van der Waals surface area contributed by atoms with E-state index >= 15 is 0 Å². The van der Waals surface area contributed by atoms with Gasteiger partial charge >= 0.3 is 5.56 Å². The van der Waals surface area contributed by atoms with Crippen LogP contribution in [0.25, 0.3) is 0 Å². The van der Waals surface area contributed by atoms with E-state index < -0.39 is 5.56 Å². The van der Waals surface area contributed by atoms with Crippen molar-refractivity contribution < 1.29 is 5.21 Å². The van der Waals surface area contributed by atoms with Gasteiger partial charge in [-0.3, -0.25) is 9.78 Å². The second-order valence-corrected chi connectivity index (χ2v) is 2.12. The molecule has 0 aliphatic rings. The second kappa shape index (κ2) is 2.13. The lowest BCUT2D eigenvalue weighted by Gasteiger charge is -1.97. The molecule has 0 saturated heterocycles. The van der Waals surface area contributed by atoms with Crippen LogP contribution < -0.4 is 5.56 Å². The monoisotopic (exact) mass is 140 g/mol. The Morgan fingerprint density at radius 1 is 1.60 bits per heavy atom. The van der Waals surface area contributed by atoms with Crippen molar-refractivity contribution in [1.29, 1.82) is 0 Å². The van der Waals surface area contributed by atoms with E-state index in [1.165, 1.54) is 6.20 Å². The van der Waals surface area contributed by atoms with Gasteiger partial charge in [-0.05, 0) is 13.8 Å². The molecule has 0 fully saturated rings. The normalized spacial score (nSPS) is 9.80. The van der Waals surface area contributed by atoms with Crippen molar-refractivity contribution in [1.82, 2.24) is 9.71 Å². The molecule has 0 spiro atoms. The lowest BCUT2D eigenvalue weighted by molar-refractivity contribution is 0.172. The predicted octanol–water partition coefficient (Wildman–Crippen LogP) is 0.0974. The Morgan fingerprint density at radius 3 is 2.70 bits per heavy atom. The van der Waals surface area contributed by atoms with Gasteiger partial charge in [0.15, 0.2) is 0 Å². The van der Waals surface area contributed by atoms with Gasteiger partial charge in [0.05, 0.1) is 11.9 Å². The molecule has 1 N–H and O–H groups in total. The van der Waals surface area contributed by atoms with Gasteiger partial charge in [-0.2, -0.15) is 4.73 Å². The smallest absolute Gasteiger partial charge is 0.304 e. The summed E-state index contributed by atoms with van der Waals surface area (Å²) in [6.07, 6.45) is 1.27. The van der Waals surface area contributed by atoms with Crippen LogP contribution in [-0.4, -0.2) is 14.9 Å². The number of rotatable bonds is 0. The summed E-state index contributed by atoms with van der Waals surface area (Å²) in [5.74, 6) is 0. The molecule has 4 nitrogen and oxygen atoms in total. The summed E-state index contributed by atoms with van der Waals surface area (Å²) in [6, 6.07) is 0. The van der Waals surface area contributed by atoms with Crippen LogP contribution in [0.4, 0.5) is 0 Å². The van der Waals surface area contributed by atoms with Crippen LogP contribution in [0.3, 0.4) is 0 Å². The fourth-order valence-electron chi connectivity index (χ4n) is 0.743. The van der Waals surface area contributed by atoms with Gasteiger partial charge in [0.25, 0.3) is 0 Å². The van der Waals surface area contributed by atoms with Crippen molar-refractivity contribution in [3.8, 4) is 0 Å². The Bertz CT molecular complexity index is 277. The lowest BCUT2D eigenvalue weighted by Crippen LogP contribution is -2.21. The first-order chi connectivity index (χ1) is 4.61. The minimum absolute atomic E-state index is 0.308. The summed E-state index contributed by atoms with van der Waals surface area (Å²) in [6.45, 7) is 3.27. The zero-order chi connectivity index (χ0) is 7.72. The molecule has 0 saturated carbocycles. The first kappa shape index (κ1) is 6.80. The number of aromatic nitrogens is 2. The predicted molar refractivity (Wildman–Crippen MR) is 35.2 cm³/mol. The minimum Gasteiger partial charge on any atom is -0.425 e. The van der Waals surface area contributed by atoms with E-state index in [9.17, 15) is 4.79 Å². The Hall–Kier alpha value is -1.32. The zero-order valence-corrected chi connectivity index (χ0v) is 5.83. The molecule has 0 atom stereocenters. The minimum atomic E-state index is -0.467. The number of hydrogen-bond donors (Lipinski definition) is 1. The fourth-order valence-corrected chi connectivity index (χ4v) is 0.743. The standard InChI is InChI=1S/C6H8N2O2/c1-4-3-8(10)6(9)5(2)7-4/h3,10H,1-2H3. The molecule has 0 aromatic carbocycles. The Balaban J connectivity index is 3.46. The van der Waals surface area contributed by atoms with Crippen molar-refractivity contribution in [3.63, 3.8) is 0 Å². The van der Waals surface area contributed by atoms with Gasteiger partial charge in [0.1, 0.15) is 5.69 Å². The van der Waals surface area contributed by atoms with Crippen LogP contribution >= 0.6 is 0 Å². The SMILES string of the molecule is Cc1cn(O)c(=O)c(C)n1. The highest BCUT2D eigenvalue weighted by atomic mass is 16.5. The lowest BCUT2D eigenvalue weighted by atomic mass is 10.4. The summed E-state index contributed by atoms with van der Waals surface area (Å²) in [4.78, 5) is 14.6. The van der Waals surface area contributed by atoms with E-state index in [1.54, 1.807) is 13.8 Å². The molecule has 1 aromatic rings. The number of nitrogens with zero attached hydrogens (tertiary/aromatic N) is 2. The van der Waals surface area contributed by atoms with E-state index in [1.807, 2.05) is 0 Å². The van der Waals surface area contributed by atoms with Crippen LogP contribution in [0, 0.1) is 13.8 Å². The Labute approximate surface area is 57.7 Å². The van der Waals surface area contributed by atoms with Crippen molar-refractivity contribution in [2.24, 2.45) is 0 Å². The van der Waals surface area contributed by atoms with Gasteiger partial charge in [0.2, 0.25) is 0 Å². The quantitative estimate of drug-likeness (QED) is 0.520. The summed E-state index contributed by atoms with van der Waals surface area (Å²) in [7, 11) is 0. The average molecular weight is 140 g/mol. The molecular formula is C6H8N2O2. The molecule has 1 heterocycles. The van der Waals surface area contributed by atoms with E-state index in [-0.39, 0.29) is 0 Å². The maximum absolute atomic E-state index is 10.8. The first-order valence-corrected chi connectivity index (χ1v) is 2.87. The number of hydrogen-bond acceptors (Lipinski definition) is 3. The molecule has 1 aromatic heterocycles. The van der Waals surface area contributed by atoms with Gasteiger partial charge in [0, 0.05) is 0 Å². The molecule has 0 aliphatic carbocycles. The van der Waals surface area contributed by atoms with Crippen molar-refractivity contribution in [2.45, 2.75) is 13.8 Å². The summed E-state index contributed by atoms with van der Waals surface area (Å²) < 4.78 is 0.539. The zero-order valence-electron chi connectivity index (χ0n) is 5.83. The molecule has 0 unspecified atom stereocenters. The van der Waals surface area contributed by atoms with Crippen LogP contribution in [0.1, 0.15) is 11.4 Å². The third-order valence-corrected chi connectivity index (χ3v) is 1.17. The van der Waals surface area contributed by atoms with Gasteiger partial charge < -0.3 is 5.21 Å². The third-order valence-electron chi connectivity index (χ3n) is 1.17. The van der Waals surface area contributed by atoms with Gasteiger partial charge in [-0.25, -0.2) is 0 Å². The second-order valence-electron chi connectivity index (χ2n) is 2.12. The van der Waals surface area contributed by atoms with Crippen LogP contribution in [0.15, 0.2) is 11.0 Å².